The standard InChI is InChI=1S/C9H8N4O2/c1-7(6-11-12-10)8-4-2-3-5-9(8)13(14)15/h2-5H,1,6H2. The normalized spacial score (nSPS) is 9.07. The van der Waals surface area contributed by atoms with Crippen LogP contribution in [0.2, 0.25) is 0 Å². The molecule has 0 fully saturated rings. The molecule has 6 heteroatoms. The van der Waals surface area contributed by atoms with Crippen LogP contribution in [0, 0.1) is 10.1 Å². The lowest BCUT2D eigenvalue weighted by Crippen LogP contribution is -1.95. The number of nitro benzene ring substituents is 1. The van der Waals surface area contributed by atoms with Crippen LogP contribution in [0.3, 0.4) is 0 Å². The van der Waals surface area contributed by atoms with Crippen molar-refractivity contribution >= 4 is 11.3 Å². The Morgan fingerprint density at radius 2 is 2.27 bits per heavy atom. The topological polar surface area (TPSA) is 91.9 Å². The second kappa shape index (κ2) is 4.78. The zero-order valence-corrected chi connectivity index (χ0v) is 7.83. The molecule has 0 spiro atoms. The summed E-state index contributed by atoms with van der Waals surface area (Å²) < 4.78 is 0. The van der Waals surface area contributed by atoms with Gasteiger partial charge in [0.15, 0.2) is 0 Å². The molecule has 0 heterocycles. The van der Waals surface area contributed by atoms with Crippen LogP contribution < -0.4 is 0 Å². The summed E-state index contributed by atoms with van der Waals surface area (Å²) in [5.41, 5.74) is 8.92. The van der Waals surface area contributed by atoms with Crippen molar-refractivity contribution in [3.05, 3.63) is 57.0 Å². The zero-order valence-electron chi connectivity index (χ0n) is 7.83. The van der Waals surface area contributed by atoms with Crippen molar-refractivity contribution in [2.24, 2.45) is 5.11 Å². The highest BCUT2D eigenvalue weighted by molar-refractivity contribution is 5.72. The maximum absolute atomic E-state index is 10.7. The summed E-state index contributed by atoms with van der Waals surface area (Å²) in [6.07, 6.45) is 0. The van der Waals surface area contributed by atoms with Crippen LogP contribution in [0.1, 0.15) is 5.56 Å². The van der Waals surface area contributed by atoms with Crippen LogP contribution in [0.4, 0.5) is 5.69 Å². The molecule has 0 atom stereocenters. The van der Waals surface area contributed by atoms with Gasteiger partial charge in [-0.25, -0.2) is 0 Å². The molecule has 0 bridgehead atoms. The summed E-state index contributed by atoms with van der Waals surface area (Å²) in [7, 11) is 0. The zero-order chi connectivity index (χ0) is 11.3. The Morgan fingerprint density at radius 3 is 2.87 bits per heavy atom. The summed E-state index contributed by atoms with van der Waals surface area (Å²) in [4.78, 5) is 12.7. The Bertz CT molecular complexity index is 449. The van der Waals surface area contributed by atoms with E-state index in [1.165, 1.54) is 6.07 Å². The third-order valence-electron chi connectivity index (χ3n) is 1.81. The third kappa shape index (κ3) is 2.55. The second-order valence-electron chi connectivity index (χ2n) is 2.77. The van der Waals surface area contributed by atoms with Gasteiger partial charge in [-0.15, -0.1) is 0 Å². The number of para-hydroxylation sites is 1. The van der Waals surface area contributed by atoms with Crippen molar-refractivity contribution in [3.63, 3.8) is 0 Å². The molecule has 0 amide bonds. The van der Waals surface area contributed by atoms with Gasteiger partial charge in [0.1, 0.15) is 0 Å². The van der Waals surface area contributed by atoms with E-state index in [1.807, 2.05) is 0 Å². The minimum Gasteiger partial charge on any atom is -0.258 e. The lowest BCUT2D eigenvalue weighted by Gasteiger charge is -2.02. The summed E-state index contributed by atoms with van der Waals surface area (Å²) >= 11 is 0. The first-order valence-corrected chi connectivity index (χ1v) is 4.09. The minimum absolute atomic E-state index is 0.0291. The van der Waals surface area contributed by atoms with Crippen molar-refractivity contribution in [3.8, 4) is 0 Å². The van der Waals surface area contributed by atoms with E-state index in [9.17, 15) is 10.1 Å². The molecule has 0 unspecified atom stereocenters. The Labute approximate surface area is 85.6 Å². The molecule has 0 aliphatic heterocycles. The highest BCUT2D eigenvalue weighted by atomic mass is 16.6. The number of azide groups is 1. The smallest absolute Gasteiger partial charge is 0.258 e. The molecular formula is C9H8N4O2. The van der Waals surface area contributed by atoms with Crippen LogP contribution in [-0.2, 0) is 0 Å². The number of rotatable bonds is 4. The Hall–Kier alpha value is -2.33. The summed E-state index contributed by atoms with van der Waals surface area (Å²) in [5.74, 6) is 0. The molecule has 0 aromatic heterocycles. The monoisotopic (exact) mass is 204 g/mol. The second-order valence-corrected chi connectivity index (χ2v) is 2.77. The number of nitrogens with zero attached hydrogens (tertiary/aromatic N) is 4. The Kier molecular flexibility index (Phi) is 3.43. The predicted octanol–water partition coefficient (Wildman–Crippen LogP) is 2.92. The van der Waals surface area contributed by atoms with E-state index in [2.05, 4.69) is 16.6 Å². The molecule has 6 nitrogen and oxygen atoms in total. The molecular weight excluding hydrogens is 196 g/mol. The van der Waals surface area contributed by atoms with E-state index in [1.54, 1.807) is 18.2 Å². The lowest BCUT2D eigenvalue weighted by molar-refractivity contribution is -0.385. The van der Waals surface area contributed by atoms with Crippen LogP contribution in [0.5, 0.6) is 0 Å². The van der Waals surface area contributed by atoms with E-state index in [-0.39, 0.29) is 12.2 Å². The summed E-state index contributed by atoms with van der Waals surface area (Å²) in [6.45, 7) is 3.67. The first-order valence-electron chi connectivity index (χ1n) is 4.09. The van der Waals surface area contributed by atoms with Crippen molar-refractivity contribution in [2.45, 2.75) is 0 Å². The predicted molar refractivity (Wildman–Crippen MR) is 56.1 cm³/mol. The third-order valence-corrected chi connectivity index (χ3v) is 1.81. The van der Waals surface area contributed by atoms with Gasteiger partial charge in [0.25, 0.3) is 5.69 Å². The van der Waals surface area contributed by atoms with Crippen LogP contribution in [0.15, 0.2) is 36.0 Å². The molecule has 0 N–H and O–H groups in total. The molecule has 1 aromatic carbocycles. The van der Waals surface area contributed by atoms with Crippen molar-refractivity contribution in [2.75, 3.05) is 6.54 Å². The van der Waals surface area contributed by atoms with E-state index in [0.717, 1.165) is 0 Å². The van der Waals surface area contributed by atoms with Gasteiger partial charge >= 0.3 is 0 Å². The van der Waals surface area contributed by atoms with Gasteiger partial charge in [0.05, 0.1) is 17.0 Å². The lowest BCUT2D eigenvalue weighted by atomic mass is 10.1. The molecule has 0 saturated carbocycles. The fourth-order valence-corrected chi connectivity index (χ4v) is 1.13. The van der Waals surface area contributed by atoms with Gasteiger partial charge in [-0.1, -0.05) is 23.8 Å². The van der Waals surface area contributed by atoms with Crippen molar-refractivity contribution in [1.29, 1.82) is 0 Å². The van der Waals surface area contributed by atoms with Crippen molar-refractivity contribution in [1.82, 2.24) is 0 Å². The van der Waals surface area contributed by atoms with E-state index in [4.69, 9.17) is 5.53 Å². The Balaban J connectivity index is 3.07. The molecule has 0 saturated heterocycles. The van der Waals surface area contributed by atoms with Crippen LogP contribution in [-0.4, -0.2) is 11.5 Å². The van der Waals surface area contributed by atoms with Crippen LogP contribution in [0.25, 0.3) is 16.0 Å². The van der Waals surface area contributed by atoms with Gasteiger partial charge in [-0.3, -0.25) is 10.1 Å². The average molecular weight is 204 g/mol. The Morgan fingerprint density at radius 1 is 1.60 bits per heavy atom. The quantitative estimate of drug-likeness (QED) is 0.248. The summed E-state index contributed by atoms with van der Waals surface area (Å²) in [6, 6.07) is 6.20. The van der Waals surface area contributed by atoms with E-state index >= 15 is 0 Å². The minimum atomic E-state index is -0.489. The maximum atomic E-state index is 10.7. The number of hydrogen-bond donors (Lipinski definition) is 0. The SMILES string of the molecule is C=C(CN=[N+]=[N-])c1ccccc1[N+](=O)[O-]. The molecule has 0 aliphatic carbocycles. The molecule has 0 aliphatic rings. The van der Waals surface area contributed by atoms with Gasteiger partial charge in [-0.2, -0.15) is 0 Å². The maximum Gasteiger partial charge on any atom is 0.276 e. The largest absolute Gasteiger partial charge is 0.276 e. The molecule has 76 valence electrons. The molecule has 1 aromatic rings. The van der Waals surface area contributed by atoms with E-state index in [0.29, 0.717) is 11.1 Å². The number of nitro groups is 1. The van der Waals surface area contributed by atoms with Gasteiger partial charge in [0, 0.05) is 11.0 Å². The fourth-order valence-electron chi connectivity index (χ4n) is 1.13. The first kappa shape index (κ1) is 10.7. The average Bonchev–Trinajstić information content (AvgIpc) is 2.25. The van der Waals surface area contributed by atoms with E-state index < -0.39 is 4.92 Å². The highest BCUT2D eigenvalue weighted by Crippen LogP contribution is 2.24. The molecule has 0 radical (unpaired) electrons. The van der Waals surface area contributed by atoms with Gasteiger partial charge < -0.3 is 0 Å². The van der Waals surface area contributed by atoms with Gasteiger partial charge in [0.2, 0.25) is 0 Å². The fraction of sp³-hybridized carbons (Fsp3) is 0.111. The summed E-state index contributed by atoms with van der Waals surface area (Å²) in [5, 5.41) is 14.0. The molecule has 15 heavy (non-hydrogen) atoms. The number of hydrogen-bond acceptors (Lipinski definition) is 3. The van der Waals surface area contributed by atoms with Crippen LogP contribution >= 0.6 is 0 Å². The molecule has 1 rings (SSSR count). The van der Waals surface area contributed by atoms with Crippen molar-refractivity contribution < 1.29 is 4.92 Å². The van der Waals surface area contributed by atoms with Gasteiger partial charge in [-0.05, 0) is 17.2 Å². The first-order chi connectivity index (χ1) is 7.16. The number of benzene rings is 1. The highest BCUT2D eigenvalue weighted by Gasteiger charge is 2.13.